The Labute approximate surface area is 87.2 Å². The summed E-state index contributed by atoms with van der Waals surface area (Å²) < 4.78 is 1.99. The molecule has 0 saturated heterocycles. The molecule has 2 aromatic heterocycles. The highest BCUT2D eigenvalue weighted by Gasteiger charge is 2.24. The first-order valence-electron chi connectivity index (χ1n) is 5.00. The summed E-state index contributed by atoms with van der Waals surface area (Å²) in [6.07, 6.45) is 9.69. The fourth-order valence-electron chi connectivity index (χ4n) is 1.43. The van der Waals surface area contributed by atoms with Gasteiger partial charge in [0.1, 0.15) is 0 Å². The minimum atomic E-state index is 0.604. The second-order valence-electron chi connectivity index (χ2n) is 3.64. The molecule has 2 heterocycles. The molecule has 15 heavy (non-hydrogen) atoms. The highest BCUT2D eigenvalue weighted by atomic mass is 15.3. The molecule has 1 aliphatic carbocycles. The standard InChI is InChI=1S/C10H11N5/c1-4-11-10(12-5-1)14-8-6-13-15(7-8)9-2-3-9/h1,4-7,9H,2-3H2,(H,11,12,14). The molecule has 1 aliphatic rings. The third-order valence-electron chi connectivity index (χ3n) is 2.34. The summed E-state index contributed by atoms with van der Waals surface area (Å²) >= 11 is 0. The average Bonchev–Trinajstić information content (AvgIpc) is 3.02. The van der Waals surface area contributed by atoms with Gasteiger partial charge in [0.2, 0.25) is 5.95 Å². The van der Waals surface area contributed by atoms with Gasteiger partial charge in [-0.1, -0.05) is 0 Å². The second-order valence-corrected chi connectivity index (χ2v) is 3.64. The molecule has 2 aromatic rings. The molecule has 0 spiro atoms. The maximum Gasteiger partial charge on any atom is 0.227 e. The highest BCUT2D eigenvalue weighted by molar-refractivity contribution is 5.49. The summed E-state index contributed by atoms with van der Waals surface area (Å²) in [5.74, 6) is 0.604. The van der Waals surface area contributed by atoms with Crippen LogP contribution in [-0.2, 0) is 0 Å². The van der Waals surface area contributed by atoms with Crippen LogP contribution in [0.4, 0.5) is 11.6 Å². The zero-order valence-electron chi connectivity index (χ0n) is 8.17. The maximum absolute atomic E-state index is 4.27. The molecule has 1 saturated carbocycles. The molecular weight excluding hydrogens is 190 g/mol. The fraction of sp³-hybridized carbons (Fsp3) is 0.300. The van der Waals surface area contributed by atoms with Gasteiger partial charge in [-0.05, 0) is 18.9 Å². The molecule has 0 bridgehead atoms. The predicted octanol–water partition coefficient (Wildman–Crippen LogP) is 1.75. The summed E-state index contributed by atoms with van der Waals surface area (Å²) in [4.78, 5) is 8.17. The van der Waals surface area contributed by atoms with E-state index >= 15 is 0 Å². The largest absolute Gasteiger partial charge is 0.321 e. The minimum absolute atomic E-state index is 0.604. The van der Waals surface area contributed by atoms with Gasteiger partial charge >= 0.3 is 0 Å². The molecular formula is C10H11N5. The van der Waals surface area contributed by atoms with E-state index < -0.39 is 0 Å². The summed E-state index contributed by atoms with van der Waals surface area (Å²) in [7, 11) is 0. The maximum atomic E-state index is 4.27. The van der Waals surface area contributed by atoms with Crippen LogP contribution in [0.2, 0.25) is 0 Å². The van der Waals surface area contributed by atoms with Gasteiger partial charge in [-0.15, -0.1) is 0 Å². The Kier molecular flexibility index (Phi) is 1.87. The summed E-state index contributed by atoms with van der Waals surface area (Å²) in [6.45, 7) is 0. The molecule has 0 aliphatic heterocycles. The van der Waals surface area contributed by atoms with E-state index in [9.17, 15) is 0 Å². The first-order chi connectivity index (χ1) is 7.42. The monoisotopic (exact) mass is 201 g/mol. The molecule has 0 unspecified atom stereocenters. The van der Waals surface area contributed by atoms with E-state index in [-0.39, 0.29) is 0 Å². The van der Waals surface area contributed by atoms with Gasteiger partial charge in [-0.2, -0.15) is 5.10 Å². The molecule has 0 atom stereocenters. The number of aromatic nitrogens is 4. The molecule has 3 rings (SSSR count). The van der Waals surface area contributed by atoms with Gasteiger partial charge < -0.3 is 5.32 Å². The third-order valence-corrected chi connectivity index (χ3v) is 2.34. The van der Waals surface area contributed by atoms with Crippen molar-refractivity contribution in [2.24, 2.45) is 0 Å². The summed E-state index contributed by atoms with van der Waals surface area (Å²) in [5, 5.41) is 7.37. The van der Waals surface area contributed by atoms with Crippen molar-refractivity contribution < 1.29 is 0 Å². The van der Waals surface area contributed by atoms with Gasteiger partial charge in [0, 0.05) is 18.6 Å². The van der Waals surface area contributed by atoms with Crippen molar-refractivity contribution >= 4 is 11.6 Å². The van der Waals surface area contributed by atoms with E-state index in [1.807, 2.05) is 10.9 Å². The first-order valence-corrected chi connectivity index (χ1v) is 5.00. The van der Waals surface area contributed by atoms with Crippen molar-refractivity contribution in [3.8, 4) is 0 Å². The fourth-order valence-corrected chi connectivity index (χ4v) is 1.43. The lowest BCUT2D eigenvalue weighted by molar-refractivity contribution is 0.642. The first kappa shape index (κ1) is 8.40. The Morgan fingerprint density at radius 3 is 2.80 bits per heavy atom. The summed E-state index contributed by atoms with van der Waals surface area (Å²) in [5.41, 5.74) is 0.938. The Morgan fingerprint density at radius 1 is 1.27 bits per heavy atom. The van der Waals surface area contributed by atoms with E-state index in [1.165, 1.54) is 12.8 Å². The Morgan fingerprint density at radius 2 is 2.07 bits per heavy atom. The normalized spacial score (nSPS) is 15.2. The lowest BCUT2D eigenvalue weighted by Crippen LogP contribution is -1.95. The van der Waals surface area contributed by atoms with Crippen molar-refractivity contribution in [3.63, 3.8) is 0 Å². The van der Waals surface area contributed by atoms with Crippen molar-refractivity contribution in [1.82, 2.24) is 19.7 Å². The average molecular weight is 201 g/mol. The molecule has 5 nitrogen and oxygen atoms in total. The Bertz CT molecular complexity index is 446. The number of rotatable bonds is 3. The van der Waals surface area contributed by atoms with Crippen LogP contribution in [-0.4, -0.2) is 19.7 Å². The van der Waals surface area contributed by atoms with Crippen molar-refractivity contribution in [2.45, 2.75) is 18.9 Å². The van der Waals surface area contributed by atoms with Crippen LogP contribution in [0.3, 0.4) is 0 Å². The second kappa shape index (κ2) is 3.34. The van der Waals surface area contributed by atoms with E-state index in [0.717, 1.165) is 5.69 Å². The van der Waals surface area contributed by atoms with Gasteiger partial charge in [0.05, 0.1) is 17.9 Å². The van der Waals surface area contributed by atoms with E-state index in [1.54, 1.807) is 24.7 Å². The van der Waals surface area contributed by atoms with E-state index in [2.05, 4.69) is 20.4 Å². The SMILES string of the molecule is c1cnc(Nc2cnn(C3CC3)c2)nc1. The summed E-state index contributed by atoms with van der Waals surface area (Å²) in [6, 6.07) is 2.40. The molecule has 0 aromatic carbocycles. The molecule has 0 amide bonds. The highest BCUT2D eigenvalue weighted by Crippen LogP contribution is 2.34. The third kappa shape index (κ3) is 1.81. The van der Waals surface area contributed by atoms with Gasteiger partial charge in [-0.3, -0.25) is 4.68 Å². The van der Waals surface area contributed by atoms with Gasteiger partial charge in [0.25, 0.3) is 0 Å². The van der Waals surface area contributed by atoms with Crippen LogP contribution in [0.25, 0.3) is 0 Å². The van der Waals surface area contributed by atoms with Crippen LogP contribution >= 0.6 is 0 Å². The molecule has 0 radical (unpaired) electrons. The van der Waals surface area contributed by atoms with Crippen LogP contribution in [0.1, 0.15) is 18.9 Å². The minimum Gasteiger partial charge on any atom is -0.321 e. The van der Waals surface area contributed by atoms with E-state index in [0.29, 0.717) is 12.0 Å². The molecule has 5 heteroatoms. The molecule has 1 fully saturated rings. The predicted molar refractivity (Wildman–Crippen MR) is 55.8 cm³/mol. The van der Waals surface area contributed by atoms with Crippen LogP contribution in [0.5, 0.6) is 0 Å². The van der Waals surface area contributed by atoms with Gasteiger partial charge in [0.15, 0.2) is 0 Å². The van der Waals surface area contributed by atoms with Gasteiger partial charge in [-0.25, -0.2) is 9.97 Å². The van der Waals surface area contributed by atoms with Crippen LogP contribution in [0, 0.1) is 0 Å². The van der Waals surface area contributed by atoms with Crippen molar-refractivity contribution in [3.05, 3.63) is 30.9 Å². The van der Waals surface area contributed by atoms with Crippen LogP contribution < -0.4 is 5.32 Å². The van der Waals surface area contributed by atoms with Crippen molar-refractivity contribution in [2.75, 3.05) is 5.32 Å². The zero-order chi connectivity index (χ0) is 10.1. The zero-order valence-corrected chi connectivity index (χ0v) is 8.17. The quantitative estimate of drug-likeness (QED) is 0.822. The number of nitrogens with one attached hydrogen (secondary N) is 1. The molecule has 76 valence electrons. The van der Waals surface area contributed by atoms with Crippen LogP contribution in [0.15, 0.2) is 30.9 Å². The smallest absolute Gasteiger partial charge is 0.227 e. The lowest BCUT2D eigenvalue weighted by Gasteiger charge is -1.99. The number of hydrogen-bond donors (Lipinski definition) is 1. The van der Waals surface area contributed by atoms with Crippen molar-refractivity contribution in [1.29, 1.82) is 0 Å². The number of anilines is 2. The number of hydrogen-bond acceptors (Lipinski definition) is 4. The molecule has 1 N–H and O–H groups in total. The lowest BCUT2D eigenvalue weighted by atomic mass is 10.5. The Balaban J connectivity index is 1.76. The van der Waals surface area contributed by atoms with E-state index in [4.69, 9.17) is 0 Å². The number of nitrogens with zero attached hydrogens (tertiary/aromatic N) is 4. The topological polar surface area (TPSA) is 55.6 Å². The Hall–Kier alpha value is -1.91.